The first-order chi connectivity index (χ1) is 15.6. The Morgan fingerprint density at radius 1 is 1.21 bits per heavy atom. The molecule has 3 rings (SSSR count). The fourth-order valence-electron chi connectivity index (χ4n) is 3.60. The molecule has 0 aliphatic carbocycles. The van der Waals surface area contributed by atoms with Crippen LogP contribution in [-0.4, -0.2) is 63.3 Å². The number of halogens is 2. The van der Waals surface area contributed by atoms with Crippen LogP contribution in [0.25, 0.3) is 0 Å². The molecule has 1 fully saturated rings. The third-order valence-electron chi connectivity index (χ3n) is 5.39. The van der Waals surface area contributed by atoms with E-state index in [4.69, 9.17) is 11.6 Å². The Morgan fingerprint density at radius 2 is 1.97 bits per heavy atom. The van der Waals surface area contributed by atoms with Gasteiger partial charge in [0.2, 0.25) is 10.0 Å². The van der Waals surface area contributed by atoms with Crippen molar-refractivity contribution in [1.29, 1.82) is 0 Å². The summed E-state index contributed by atoms with van der Waals surface area (Å²) in [7, 11) is -0.882. The van der Waals surface area contributed by atoms with E-state index in [-0.39, 0.29) is 27.3 Å². The zero-order chi connectivity index (χ0) is 24.2. The average Bonchev–Trinajstić information content (AvgIpc) is 2.77. The highest BCUT2D eigenvalue weighted by Crippen LogP contribution is 2.25. The smallest absolute Gasteiger partial charge is 0.319 e. The number of anilines is 1. The summed E-state index contributed by atoms with van der Waals surface area (Å²) in [5.41, 5.74) is 0.465. The highest BCUT2D eigenvalue weighted by molar-refractivity contribution is 7.89. The van der Waals surface area contributed by atoms with E-state index in [0.29, 0.717) is 25.3 Å². The number of carbonyl (C=O) groups is 2. The van der Waals surface area contributed by atoms with Crippen molar-refractivity contribution in [1.82, 2.24) is 14.5 Å². The van der Waals surface area contributed by atoms with E-state index in [2.05, 4.69) is 10.6 Å². The van der Waals surface area contributed by atoms with E-state index < -0.39 is 21.9 Å². The highest BCUT2D eigenvalue weighted by atomic mass is 35.5. The maximum atomic E-state index is 13.3. The van der Waals surface area contributed by atoms with E-state index in [9.17, 15) is 22.4 Å². The maximum absolute atomic E-state index is 13.3. The minimum absolute atomic E-state index is 0.00780. The number of carbonyl (C=O) groups excluding carboxylic acids is 2. The zero-order valence-electron chi connectivity index (χ0n) is 18.3. The van der Waals surface area contributed by atoms with Gasteiger partial charge in [0.15, 0.2) is 0 Å². The summed E-state index contributed by atoms with van der Waals surface area (Å²) in [6.45, 7) is 1.22. The van der Waals surface area contributed by atoms with E-state index >= 15 is 0 Å². The molecule has 33 heavy (non-hydrogen) atoms. The number of hydrogen-bond acceptors (Lipinski definition) is 4. The van der Waals surface area contributed by atoms with Crippen molar-refractivity contribution in [3.8, 4) is 0 Å². The molecule has 3 amide bonds. The number of rotatable bonds is 6. The molecule has 1 aliphatic heterocycles. The second-order valence-corrected chi connectivity index (χ2v) is 10.6. The first-order valence-corrected chi connectivity index (χ1v) is 12.2. The van der Waals surface area contributed by atoms with Gasteiger partial charge >= 0.3 is 6.03 Å². The molecule has 1 atom stereocenters. The van der Waals surface area contributed by atoms with Crippen LogP contribution in [-0.2, 0) is 10.0 Å². The van der Waals surface area contributed by atoms with Gasteiger partial charge in [-0.25, -0.2) is 21.9 Å². The van der Waals surface area contributed by atoms with E-state index in [1.165, 1.54) is 50.5 Å². The number of likely N-dealkylation sites (tertiary alicyclic amines) is 1. The monoisotopic (exact) mass is 496 g/mol. The molecule has 1 unspecified atom stereocenters. The predicted molar refractivity (Wildman–Crippen MR) is 124 cm³/mol. The van der Waals surface area contributed by atoms with Crippen molar-refractivity contribution >= 4 is 39.2 Å². The topological polar surface area (TPSA) is 98.8 Å². The molecule has 1 saturated heterocycles. The number of benzene rings is 2. The first kappa shape index (κ1) is 24.9. The lowest BCUT2D eigenvalue weighted by molar-refractivity contribution is 0.0675. The van der Waals surface area contributed by atoms with Gasteiger partial charge in [-0.1, -0.05) is 17.7 Å². The summed E-state index contributed by atoms with van der Waals surface area (Å²) in [5.74, 6) is -0.798. The van der Waals surface area contributed by atoms with E-state index in [0.717, 1.165) is 17.1 Å². The molecule has 0 saturated carbocycles. The van der Waals surface area contributed by atoms with Gasteiger partial charge in [-0.05, 0) is 55.2 Å². The summed E-state index contributed by atoms with van der Waals surface area (Å²) in [6.07, 6.45) is 1.55. The van der Waals surface area contributed by atoms with Gasteiger partial charge in [-0.15, -0.1) is 0 Å². The summed E-state index contributed by atoms with van der Waals surface area (Å²) >= 11 is 6.22. The number of amides is 3. The Kier molecular flexibility index (Phi) is 7.93. The largest absolute Gasteiger partial charge is 0.338 e. The molecule has 0 aromatic heterocycles. The van der Waals surface area contributed by atoms with Crippen molar-refractivity contribution in [2.75, 3.05) is 39.0 Å². The molecule has 2 aromatic rings. The summed E-state index contributed by atoms with van der Waals surface area (Å²) < 4.78 is 39.2. The summed E-state index contributed by atoms with van der Waals surface area (Å²) in [6, 6.07) is 9.20. The van der Waals surface area contributed by atoms with Crippen molar-refractivity contribution in [3.63, 3.8) is 0 Å². The number of piperidine rings is 1. The second-order valence-electron chi connectivity index (χ2n) is 8.03. The number of urea groups is 1. The van der Waals surface area contributed by atoms with Crippen LogP contribution < -0.4 is 10.6 Å². The Hall–Kier alpha value is -2.69. The first-order valence-electron chi connectivity index (χ1n) is 10.4. The van der Waals surface area contributed by atoms with Gasteiger partial charge in [0, 0.05) is 39.4 Å². The van der Waals surface area contributed by atoms with Crippen LogP contribution in [0.15, 0.2) is 47.4 Å². The number of hydrogen-bond donors (Lipinski definition) is 2. The van der Waals surface area contributed by atoms with Gasteiger partial charge in [-0.3, -0.25) is 4.79 Å². The van der Waals surface area contributed by atoms with Gasteiger partial charge < -0.3 is 15.5 Å². The molecule has 0 bridgehead atoms. The van der Waals surface area contributed by atoms with Gasteiger partial charge in [0.05, 0.1) is 15.5 Å². The molecule has 2 N–H and O–H groups in total. The molecule has 11 heteroatoms. The number of nitrogens with one attached hydrogen (secondary N) is 2. The van der Waals surface area contributed by atoms with Crippen molar-refractivity contribution < 1.29 is 22.4 Å². The van der Waals surface area contributed by atoms with Gasteiger partial charge in [0.1, 0.15) is 5.82 Å². The standard InChI is InChI=1S/C22H26ClFN4O4S/c1-27(2)33(31,32)18-8-9-20(23)19(12-18)21(29)28-10-4-5-15(14-28)13-25-22(30)26-17-7-3-6-16(24)11-17/h3,6-9,11-12,15H,4-5,10,13-14H2,1-2H3,(H2,25,26,30). The lowest BCUT2D eigenvalue weighted by Gasteiger charge is -2.33. The van der Waals surface area contributed by atoms with Crippen LogP contribution in [0.2, 0.25) is 5.02 Å². The fourth-order valence-corrected chi connectivity index (χ4v) is 4.73. The number of sulfonamides is 1. The summed E-state index contributed by atoms with van der Waals surface area (Å²) in [5, 5.41) is 5.49. The van der Waals surface area contributed by atoms with Crippen LogP contribution in [0.3, 0.4) is 0 Å². The second kappa shape index (κ2) is 10.5. The molecule has 178 valence electrons. The molecule has 2 aromatic carbocycles. The lowest BCUT2D eigenvalue weighted by Crippen LogP contribution is -2.44. The average molecular weight is 497 g/mol. The normalized spacial score (nSPS) is 16.5. The Labute approximate surface area is 197 Å². The molecule has 1 aliphatic rings. The highest BCUT2D eigenvalue weighted by Gasteiger charge is 2.28. The number of nitrogens with zero attached hydrogens (tertiary/aromatic N) is 2. The van der Waals surface area contributed by atoms with E-state index in [1.54, 1.807) is 11.0 Å². The third kappa shape index (κ3) is 6.21. The predicted octanol–water partition coefficient (Wildman–Crippen LogP) is 3.40. The fraction of sp³-hybridized carbons (Fsp3) is 0.364. The summed E-state index contributed by atoms with van der Waals surface area (Å²) in [4.78, 5) is 26.9. The van der Waals surface area contributed by atoms with Crippen LogP contribution in [0.5, 0.6) is 0 Å². The quantitative estimate of drug-likeness (QED) is 0.640. The Morgan fingerprint density at radius 3 is 2.67 bits per heavy atom. The van der Waals surface area contributed by atoms with Gasteiger partial charge in [0.25, 0.3) is 5.91 Å². The van der Waals surface area contributed by atoms with Gasteiger partial charge in [-0.2, -0.15) is 0 Å². The molecular weight excluding hydrogens is 471 g/mol. The van der Waals surface area contributed by atoms with Crippen LogP contribution >= 0.6 is 11.6 Å². The Balaban J connectivity index is 1.63. The van der Waals surface area contributed by atoms with Crippen molar-refractivity contribution in [2.45, 2.75) is 17.7 Å². The van der Waals surface area contributed by atoms with Crippen molar-refractivity contribution in [2.24, 2.45) is 5.92 Å². The molecular formula is C22H26ClFN4O4S. The lowest BCUT2D eigenvalue weighted by atomic mass is 9.97. The Bertz CT molecular complexity index is 1140. The molecule has 0 spiro atoms. The molecule has 1 heterocycles. The van der Waals surface area contributed by atoms with Crippen LogP contribution in [0.1, 0.15) is 23.2 Å². The van der Waals surface area contributed by atoms with Crippen LogP contribution in [0.4, 0.5) is 14.9 Å². The SMILES string of the molecule is CN(C)S(=O)(=O)c1ccc(Cl)c(C(=O)N2CCCC(CNC(=O)Nc3cccc(F)c3)C2)c1. The van der Waals surface area contributed by atoms with E-state index in [1.807, 2.05) is 0 Å². The third-order valence-corrected chi connectivity index (χ3v) is 7.53. The zero-order valence-corrected chi connectivity index (χ0v) is 19.9. The maximum Gasteiger partial charge on any atom is 0.319 e. The molecule has 8 nitrogen and oxygen atoms in total. The van der Waals surface area contributed by atoms with Crippen LogP contribution in [0, 0.1) is 11.7 Å². The van der Waals surface area contributed by atoms with Crippen molar-refractivity contribution in [3.05, 3.63) is 58.9 Å². The molecule has 0 radical (unpaired) electrons. The minimum Gasteiger partial charge on any atom is -0.338 e. The minimum atomic E-state index is -3.71.